The third-order valence-electron chi connectivity index (χ3n) is 2.95. The molecule has 0 spiro atoms. The van der Waals surface area contributed by atoms with Gasteiger partial charge >= 0.3 is 5.97 Å². The van der Waals surface area contributed by atoms with Gasteiger partial charge in [-0.05, 0) is 31.1 Å². The Balaban J connectivity index is 2.58. The molecule has 1 aromatic carbocycles. The SMILES string of the molecule is COc1ccc(OC)c2c1C=C(C(=O)O)CC2. The van der Waals surface area contributed by atoms with Crippen LogP contribution in [-0.4, -0.2) is 25.3 Å². The first-order valence-electron chi connectivity index (χ1n) is 5.35. The third kappa shape index (κ3) is 1.98. The summed E-state index contributed by atoms with van der Waals surface area (Å²) >= 11 is 0. The van der Waals surface area contributed by atoms with Crippen LogP contribution in [-0.2, 0) is 11.2 Å². The summed E-state index contributed by atoms with van der Waals surface area (Å²) in [5, 5.41) is 9.01. The Morgan fingerprint density at radius 1 is 1.18 bits per heavy atom. The van der Waals surface area contributed by atoms with Crippen LogP contribution in [0.2, 0.25) is 0 Å². The summed E-state index contributed by atoms with van der Waals surface area (Å²) in [6, 6.07) is 3.64. The summed E-state index contributed by atoms with van der Waals surface area (Å²) < 4.78 is 10.5. The number of methoxy groups -OCH3 is 2. The van der Waals surface area contributed by atoms with Gasteiger partial charge in [0.05, 0.1) is 14.2 Å². The molecule has 4 nitrogen and oxygen atoms in total. The fourth-order valence-corrected chi connectivity index (χ4v) is 2.08. The highest BCUT2D eigenvalue weighted by Crippen LogP contribution is 2.37. The zero-order valence-corrected chi connectivity index (χ0v) is 9.82. The maximum atomic E-state index is 11.0. The van der Waals surface area contributed by atoms with Crippen molar-refractivity contribution in [2.75, 3.05) is 14.2 Å². The van der Waals surface area contributed by atoms with Crippen LogP contribution in [0.1, 0.15) is 17.5 Å². The number of rotatable bonds is 3. The third-order valence-corrected chi connectivity index (χ3v) is 2.95. The highest BCUT2D eigenvalue weighted by atomic mass is 16.5. The molecule has 90 valence electrons. The largest absolute Gasteiger partial charge is 0.496 e. The van der Waals surface area contributed by atoms with Crippen molar-refractivity contribution < 1.29 is 19.4 Å². The van der Waals surface area contributed by atoms with Crippen molar-refractivity contribution in [3.05, 3.63) is 28.8 Å². The van der Waals surface area contributed by atoms with Gasteiger partial charge in [-0.2, -0.15) is 0 Å². The molecule has 0 fully saturated rings. The Kier molecular flexibility index (Phi) is 3.04. The van der Waals surface area contributed by atoms with Crippen molar-refractivity contribution in [2.45, 2.75) is 12.8 Å². The minimum atomic E-state index is -0.875. The van der Waals surface area contributed by atoms with Crippen LogP contribution in [0.15, 0.2) is 17.7 Å². The zero-order chi connectivity index (χ0) is 12.4. The predicted octanol–water partition coefficient (Wildman–Crippen LogP) is 2.12. The van der Waals surface area contributed by atoms with Gasteiger partial charge in [-0.25, -0.2) is 4.79 Å². The second kappa shape index (κ2) is 4.49. The van der Waals surface area contributed by atoms with E-state index in [0.717, 1.165) is 16.9 Å². The van der Waals surface area contributed by atoms with Crippen LogP contribution in [0, 0.1) is 0 Å². The molecule has 0 aromatic heterocycles. The minimum absolute atomic E-state index is 0.407. The first-order chi connectivity index (χ1) is 8.17. The average Bonchev–Trinajstić information content (AvgIpc) is 2.36. The highest BCUT2D eigenvalue weighted by molar-refractivity contribution is 5.94. The van der Waals surface area contributed by atoms with Gasteiger partial charge in [0, 0.05) is 16.7 Å². The molecule has 0 radical (unpaired) electrons. The van der Waals surface area contributed by atoms with Crippen LogP contribution < -0.4 is 9.47 Å². The average molecular weight is 234 g/mol. The Morgan fingerprint density at radius 2 is 1.82 bits per heavy atom. The fourth-order valence-electron chi connectivity index (χ4n) is 2.08. The minimum Gasteiger partial charge on any atom is -0.496 e. The van der Waals surface area contributed by atoms with E-state index in [1.165, 1.54) is 0 Å². The fraction of sp³-hybridized carbons (Fsp3) is 0.308. The molecule has 0 aliphatic heterocycles. The smallest absolute Gasteiger partial charge is 0.331 e. The van der Waals surface area contributed by atoms with E-state index in [0.29, 0.717) is 24.2 Å². The van der Waals surface area contributed by atoms with E-state index in [9.17, 15) is 4.79 Å². The van der Waals surface area contributed by atoms with E-state index in [1.807, 2.05) is 6.07 Å². The molecule has 17 heavy (non-hydrogen) atoms. The Labute approximate surface area is 99.5 Å². The van der Waals surface area contributed by atoms with E-state index in [1.54, 1.807) is 26.4 Å². The normalized spacial score (nSPS) is 13.6. The van der Waals surface area contributed by atoms with Crippen molar-refractivity contribution >= 4 is 12.0 Å². The molecule has 0 unspecified atom stereocenters. The lowest BCUT2D eigenvalue weighted by molar-refractivity contribution is -0.132. The molecule has 0 heterocycles. The highest BCUT2D eigenvalue weighted by Gasteiger charge is 2.21. The summed E-state index contributed by atoms with van der Waals surface area (Å²) in [5.74, 6) is 0.585. The maximum absolute atomic E-state index is 11.0. The summed E-state index contributed by atoms with van der Waals surface area (Å²) in [6.07, 6.45) is 2.85. The van der Waals surface area contributed by atoms with Gasteiger partial charge in [0.1, 0.15) is 11.5 Å². The van der Waals surface area contributed by atoms with Crippen molar-refractivity contribution in [3.63, 3.8) is 0 Å². The van der Waals surface area contributed by atoms with Crippen molar-refractivity contribution in [3.8, 4) is 11.5 Å². The first kappa shape index (κ1) is 11.5. The van der Waals surface area contributed by atoms with E-state index in [-0.39, 0.29) is 0 Å². The van der Waals surface area contributed by atoms with E-state index >= 15 is 0 Å². The number of ether oxygens (including phenoxy) is 2. The summed E-state index contributed by atoms with van der Waals surface area (Å²) in [4.78, 5) is 11.0. The summed E-state index contributed by atoms with van der Waals surface area (Å²) in [6.45, 7) is 0. The molecule has 1 N–H and O–H groups in total. The van der Waals surface area contributed by atoms with Gasteiger partial charge < -0.3 is 14.6 Å². The molecule has 0 bridgehead atoms. The number of aliphatic carboxylic acids is 1. The lowest BCUT2D eigenvalue weighted by atomic mass is 9.91. The van der Waals surface area contributed by atoms with Crippen LogP contribution in [0.4, 0.5) is 0 Å². The number of carboxylic acids is 1. The van der Waals surface area contributed by atoms with E-state index < -0.39 is 5.97 Å². The quantitative estimate of drug-likeness (QED) is 0.870. The zero-order valence-electron chi connectivity index (χ0n) is 9.82. The van der Waals surface area contributed by atoms with Crippen molar-refractivity contribution in [2.24, 2.45) is 0 Å². The van der Waals surface area contributed by atoms with Crippen LogP contribution in [0.3, 0.4) is 0 Å². The molecule has 2 rings (SSSR count). The molecule has 1 aliphatic rings. The molecule has 4 heteroatoms. The number of fused-ring (bicyclic) bond motifs is 1. The molecule has 0 saturated heterocycles. The van der Waals surface area contributed by atoms with Gasteiger partial charge in [-0.1, -0.05) is 0 Å². The number of benzene rings is 1. The van der Waals surface area contributed by atoms with Gasteiger partial charge in [0.2, 0.25) is 0 Å². The molecule has 1 aromatic rings. The topological polar surface area (TPSA) is 55.8 Å². The molecular formula is C13H14O4. The molecule has 0 atom stereocenters. The summed E-state index contributed by atoms with van der Waals surface area (Å²) in [5.41, 5.74) is 2.23. The van der Waals surface area contributed by atoms with Crippen LogP contribution >= 0.6 is 0 Å². The second-order valence-corrected chi connectivity index (χ2v) is 3.84. The Bertz CT molecular complexity index is 488. The Hall–Kier alpha value is -1.97. The molecule has 0 saturated carbocycles. The van der Waals surface area contributed by atoms with Crippen molar-refractivity contribution in [1.29, 1.82) is 0 Å². The van der Waals surface area contributed by atoms with Crippen LogP contribution in [0.5, 0.6) is 11.5 Å². The van der Waals surface area contributed by atoms with Gasteiger partial charge in [-0.15, -0.1) is 0 Å². The number of hydrogen-bond donors (Lipinski definition) is 1. The number of carboxylic acid groups (broad SMARTS) is 1. The van der Waals surface area contributed by atoms with E-state index in [2.05, 4.69) is 0 Å². The lowest BCUT2D eigenvalue weighted by Crippen LogP contribution is -2.09. The van der Waals surface area contributed by atoms with E-state index in [4.69, 9.17) is 14.6 Å². The first-order valence-corrected chi connectivity index (χ1v) is 5.35. The Morgan fingerprint density at radius 3 is 2.41 bits per heavy atom. The second-order valence-electron chi connectivity index (χ2n) is 3.84. The predicted molar refractivity (Wildman–Crippen MR) is 63.5 cm³/mol. The molecule has 0 amide bonds. The maximum Gasteiger partial charge on any atom is 0.331 e. The molecular weight excluding hydrogens is 220 g/mol. The van der Waals surface area contributed by atoms with Crippen LogP contribution in [0.25, 0.3) is 6.08 Å². The van der Waals surface area contributed by atoms with Crippen molar-refractivity contribution in [1.82, 2.24) is 0 Å². The number of hydrogen-bond acceptors (Lipinski definition) is 3. The van der Waals surface area contributed by atoms with Gasteiger partial charge in [0.25, 0.3) is 0 Å². The lowest BCUT2D eigenvalue weighted by Gasteiger charge is -2.19. The molecule has 1 aliphatic carbocycles. The number of carbonyl (C=O) groups is 1. The van der Waals surface area contributed by atoms with Gasteiger partial charge in [0.15, 0.2) is 0 Å². The standard InChI is InChI=1S/C13H14O4/c1-16-11-5-6-12(17-2)10-7-8(13(14)15)3-4-9(10)11/h5-7H,3-4H2,1-2H3,(H,14,15). The van der Waals surface area contributed by atoms with Gasteiger partial charge in [-0.3, -0.25) is 0 Å². The summed E-state index contributed by atoms with van der Waals surface area (Å²) in [7, 11) is 3.18. The monoisotopic (exact) mass is 234 g/mol.